The Morgan fingerprint density at radius 3 is 2.39 bits per heavy atom. The van der Waals surface area contributed by atoms with E-state index in [1.54, 1.807) is 56.3 Å². The Bertz CT molecular complexity index is 1160. The van der Waals surface area contributed by atoms with Gasteiger partial charge in [0.25, 0.3) is 0 Å². The van der Waals surface area contributed by atoms with Crippen molar-refractivity contribution in [2.24, 2.45) is 0 Å². The fraction of sp³-hybridized carbons (Fsp3) is 0.440. The van der Waals surface area contributed by atoms with Crippen LogP contribution in [0.5, 0.6) is 5.75 Å². The standard InChI is InChI=1S/C25H33Cl2N3O5S/c1-5-7-14-28-25(32)18(3)29(16-19-12-13-20(26)21(27)15-19)24(31)17-30(36(4,33)34)22-10-8-9-11-23(22)35-6-2/h8-13,15,18H,5-7,14,16-17H2,1-4H3,(H,28,32)/t18-/m1/s1. The quantitative estimate of drug-likeness (QED) is 0.366. The van der Waals surface area contributed by atoms with E-state index in [4.69, 9.17) is 27.9 Å². The molecular weight excluding hydrogens is 525 g/mol. The monoisotopic (exact) mass is 557 g/mol. The molecule has 0 saturated carbocycles. The molecule has 0 unspecified atom stereocenters. The van der Waals surface area contributed by atoms with Gasteiger partial charge in [0.05, 0.1) is 28.6 Å². The predicted octanol–water partition coefficient (Wildman–Crippen LogP) is 4.49. The lowest BCUT2D eigenvalue weighted by Crippen LogP contribution is -2.51. The number of hydrogen-bond donors (Lipinski definition) is 1. The minimum absolute atomic E-state index is 0.0306. The number of halogens is 2. The van der Waals surface area contributed by atoms with Crippen molar-refractivity contribution in [3.05, 3.63) is 58.1 Å². The highest BCUT2D eigenvalue weighted by Gasteiger charge is 2.31. The number of unbranched alkanes of at least 4 members (excludes halogenated alkanes) is 1. The molecule has 0 aliphatic carbocycles. The number of anilines is 1. The van der Waals surface area contributed by atoms with Crippen LogP contribution in [-0.2, 0) is 26.2 Å². The molecule has 0 aromatic heterocycles. The summed E-state index contributed by atoms with van der Waals surface area (Å²) < 4.78 is 32.1. The maximum atomic E-state index is 13.6. The second-order valence-electron chi connectivity index (χ2n) is 8.26. The minimum Gasteiger partial charge on any atom is -0.492 e. The van der Waals surface area contributed by atoms with Crippen molar-refractivity contribution in [3.63, 3.8) is 0 Å². The van der Waals surface area contributed by atoms with Crippen LogP contribution in [0.2, 0.25) is 10.0 Å². The smallest absolute Gasteiger partial charge is 0.244 e. The lowest BCUT2D eigenvalue weighted by molar-refractivity contribution is -0.139. The first-order valence-corrected chi connectivity index (χ1v) is 14.3. The van der Waals surface area contributed by atoms with E-state index in [1.165, 1.54) is 4.90 Å². The number of rotatable bonds is 13. The van der Waals surface area contributed by atoms with Gasteiger partial charge in [-0.1, -0.05) is 54.7 Å². The number of para-hydroxylation sites is 2. The van der Waals surface area contributed by atoms with Gasteiger partial charge in [0.2, 0.25) is 21.8 Å². The summed E-state index contributed by atoms with van der Waals surface area (Å²) in [5.41, 5.74) is 0.885. The summed E-state index contributed by atoms with van der Waals surface area (Å²) in [6, 6.07) is 10.7. The van der Waals surface area contributed by atoms with Gasteiger partial charge in [-0.05, 0) is 50.1 Å². The summed E-state index contributed by atoms with van der Waals surface area (Å²) in [5.74, 6) is -0.562. The maximum Gasteiger partial charge on any atom is 0.244 e. The molecule has 0 spiro atoms. The highest BCUT2D eigenvalue weighted by atomic mass is 35.5. The van der Waals surface area contributed by atoms with Crippen molar-refractivity contribution in [1.82, 2.24) is 10.2 Å². The van der Waals surface area contributed by atoms with E-state index in [1.807, 2.05) is 6.92 Å². The molecule has 0 aliphatic rings. The Kier molecular flexibility index (Phi) is 11.3. The Balaban J connectivity index is 2.42. The van der Waals surface area contributed by atoms with Gasteiger partial charge in [0, 0.05) is 13.1 Å². The number of hydrogen-bond acceptors (Lipinski definition) is 5. The molecule has 2 rings (SSSR count). The molecule has 0 aliphatic heterocycles. The predicted molar refractivity (Wildman–Crippen MR) is 144 cm³/mol. The summed E-state index contributed by atoms with van der Waals surface area (Å²) in [6.45, 7) is 5.71. The molecule has 0 heterocycles. The molecule has 2 aromatic rings. The highest BCUT2D eigenvalue weighted by Crippen LogP contribution is 2.30. The zero-order chi connectivity index (χ0) is 26.9. The minimum atomic E-state index is -3.87. The fourth-order valence-electron chi connectivity index (χ4n) is 3.49. The van der Waals surface area contributed by atoms with E-state index < -0.39 is 28.5 Å². The number of nitrogens with zero attached hydrogens (tertiary/aromatic N) is 2. The summed E-state index contributed by atoms with van der Waals surface area (Å²) in [6.07, 6.45) is 2.73. The van der Waals surface area contributed by atoms with Crippen molar-refractivity contribution in [1.29, 1.82) is 0 Å². The number of carbonyl (C=O) groups excluding carboxylic acids is 2. The van der Waals surface area contributed by atoms with Gasteiger partial charge in [0.15, 0.2) is 0 Å². The molecule has 8 nitrogen and oxygen atoms in total. The van der Waals surface area contributed by atoms with Crippen molar-refractivity contribution < 1.29 is 22.7 Å². The zero-order valence-electron chi connectivity index (χ0n) is 21.0. The molecule has 1 N–H and O–H groups in total. The van der Waals surface area contributed by atoms with Crippen molar-refractivity contribution in [2.75, 3.05) is 30.3 Å². The topological polar surface area (TPSA) is 96.0 Å². The second-order valence-corrected chi connectivity index (χ2v) is 11.0. The molecule has 11 heteroatoms. The van der Waals surface area contributed by atoms with Crippen LogP contribution < -0.4 is 14.4 Å². The van der Waals surface area contributed by atoms with Crippen LogP contribution in [0.3, 0.4) is 0 Å². The lowest BCUT2D eigenvalue weighted by atomic mass is 10.1. The van der Waals surface area contributed by atoms with Gasteiger partial charge in [0.1, 0.15) is 18.3 Å². The largest absolute Gasteiger partial charge is 0.492 e. The van der Waals surface area contributed by atoms with E-state index in [2.05, 4.69) is 5.32 Å². The molecule has 2 aromatic carbocycles. The highest BCUT2D eigenvalue weighted by molar-refractivity contribution is 7.92. The van der Waals surface area contributed by atoms with E-state index >= 15 is 0 Å². The lowest BCUT2D eigenvalue weighted by Gasteiger charge is -2.32. The number of nitrogens with one attached hydrogen (secondary N) is 1. The van der Waals surface area contributed by atoms with Gasteiger partial charge in [-0.25, -0.2) is 8.42 Å². The first kappa shape index (κ1) is 29.7. The molecule has 198 valence electrons. The number of carbonyl (C=O) groups is 2. The van der Waals surface area contributed by atoms with Crippen LogP contribution in [0.1, 0.15) is 39.2 Å². The number of amides is 2. The SMILES string of the molecule is CCCCNC(=O)[C@@H](C)N(Cc1ccc(Cl)c(Cl)c1)C(=O)CN(c1ccccc1OCC)S(C)(=O)=O. The molecule has 2 amide bonds. The summed E-state index contributed by atoms with van der Waals surface area (Å²) in [4.78, 5) is 27.8. The Morgan fingerprint density at radius 1 is 1.08 bits per heavy atom. The summed E-state index contributed by atoms with van der Waals surface area (Å²) >= 11 is 12.2. The average molecular weight is 559 g/mol. The van der Waals surface area contributed by atoms with E-state index in [-0.39, 0.29) is 18.1 Å². The van der Waals surface area contributed by atoms with Gasteiger partial charge < -0.3 is 15.0 Å². The van der Waals surface area contributed by atoms with Crippen LogP contribution in [-0.4, -0.2) is 57.1 Å². The Hall–Kier alpha value is -2.49. The van der Waals surface area contributed by atoms with Gasteiger partial charge in [-0.15, -0.1) is 0 Å². The second kappa shape index (κ2) is 13.7. The average Bonchev–Trinajstić information content (AvgIpc) is 2.82. The maximum absolute atomic E-state index is 13.6. The molecule has 36 heavy (non-hydrogen) atoms. The van der Waals surface area contributed by atoms with Crippen LogP contribution in [0.15, 0.2) is 42.5 Å². The third-order valence-corrected chi connectivity index (χ3v) is 7.31. The van der Waals surface area contributed by atoms with Crippen LogP contribution >= 0.6 is 23.2 Å². The summed E-state index contributed by atoms with van der Waals surface area (Å²) in [5, 5.41) is 3.51. The molecule has 0 radical (unpaired) electrons. The molecule has 1 atom stereocenters. The van der Waals surface area contributed by atoms with Crippen molar-refractivity contribution >= 4 is 50.7 Å². The van der Waals surface area contributed by atoms with Gasteiger partial charge >= 0.3 is 0 Å². The molecule has 0 fully saturated rings. The van der Waals surface area contributed by atoms with Crippen LogP contribution in [0.4, 0.5) is 5.69 Å². The Labute approximate surface area is 223 Å². The summed E-state index contributed by atoms with van der Waals surface area (Å²) in [7, 11) is -3.87. The van der Waals surface area contributed by atoms with Gasteiger partial charge in [-0.3, -0.25) is 13.9 Å². The van der Waals surface area contributed by atoms with Crippen LogP contribution in [0.25, 0.3) is 0 Å². The third-order valence-electron chi connectivity index (χ3n) is 5.45. The van der Waals surface area contributed by atoms with E-state index in [9.17, 15) is 18.0 Å². The van der Waals surface area contributed by atoms with E-state index in [0.717, 1.165) is 23.4 Å². The van der Waals surface area contributed by atoms with Gasteiger partial charge in [-0.2, -0.15) is 0 Å². The van der Waals surface area contributed by atoms with Crippen molar-refractivity contribution in [3.8, 4) is 5.75 Å². The number of ether oxygens (including phenoxy) is 1. The normalized spacial score (nSPS) is 12.1. The first-order valence-electron chi connectivity index (χ1n) is 11.7. The first-order chi connectivity index (χ1) is 17.0. The van der Waals surface area contributed by atoms with E-state index in [0.29, 0.717) is 34.5 Å². The molecule has 0 bridgehead atoms. The molecule has 0 saturated heterocycles. The zero-order valence-corrected chi connectivity index (χ0v) is 23.3. The molecular formula is C25H33Cl2N3O5S. The number of sulfonamides is 1. The third kappa shape index (κ3) is 8.28. The fourth-order valence-corrected chi connectivity index (χ4v) is 4.66. The van der Waals surface area contributed by atoms with Crippen molar-refractivity contribution in [2.45, 2.75) is 46.2 Å². The number of benzene rings is 2. The van der Waals surface area contributed by atoms with Crippen LogP contribution in [0, 0.1) is 0 Å². The Morgan fingerprint density at radius 2 is 1.78 bits per heavy atom.